The van der Waals surface area contributed by atoms with E-state index in [1.807, 2.05) is 60.7 Å². The summed E-state index contributed by atoms with van der Waals surface area (Å²) in [6.45, 7) is 0.476. The summed E-state index contributed by atoms with van der Waals surface area (Å²) < 4.78 is 5.89. The van der Waals surface area contributed by atoms with Crippen LogP contribution in [-0.2, 0) is 4.74 Å². The number of carbonyl (C=O) groups is 1. The summed E-state index contributed by atoms with van der Waals surface area (Å²) in [5.41, 5.74) is 13.6. The van der Waals surface area contributed by atoms with Crippen molar-refractivity contribution in [2.75, 3.05) is 6.54 Å². The zero-order chi connectivity index (χ0) is 17.0. The predicted octanol–water partition coefficient (Wildman–Crippen LogP) is 1.97. The average Bonchev–Trinajstić information content (AvgIpc) is 2.99. The van der Waals surface area contributed by atoms with E-state index < -0.39 is 12.0 Å². The fourth-order valence-corrected chi connectivity index (χ4v) is 2.61. The monoisotopic (exact) mass is 324 g/mol. The molecule has 0 saturated carbocycles. The summed E-state index contributed by atoms with van der Waals surface area (Å²) in [4.78, 5) is 13.0. The molecule has 2 aromatic carbocycles. The summed E-state index contributed by atoms with van der Waals surface area (Å²) in [6.07, 6.45) is 3.02. The first-order valence-corrected chi connectivity index (χ1v) is 7.67. The Kier molecular flexibility index (Phi) is 4.61. The van der Waals surface area contributed by atoms with E-state index >= 15 is 0 Å². The van der Waals surface area contributed by atoms with Crippen LogP contribution in [0.3, 0.4) is 0 Å². The lowest BCUT2D eigenvalue weighted by Gasteiger charge is -2.33. The molecule has 124 valence electrons. The Balaban J connectivity index is 1.79. The Morgan fingerprint density at radius 3 is 2.42 bits per heavy atom. The van der Waals surface area contributed by atoms with E-state index in [9.17, 15) is 4.79 Å². The largest absolute Gasteiger partial charge is 0.351 e. The molecular weight excluding hydrogens is 304 g/mol. The van der Waals surface area contributed by atoms with Gasteiger partial charge in [0.15, 0.2) is 0 Å². The van der Waals surface area contributed by atoms with Crippen LogP contribution < -0.4 is 16.8 Å². The normalized spacial score (nSPS) is 23.5. The maximum absolute atomic E-state index is 11.9. The average molecular weight is 324 g/mol. The molecule has 2 aromatic rings. The molecule has 3 rings (SSSR count). The van der Waals surface area contributed by atoms with E-state index in [1.54, 1.807) is 6.08 Å². The SMILES string of the molecule is NC(=O)N(C=Cc1ccccc1)C1(N)NCC(c2ccccc2)O1. The molecule has 1 saturated heterocycles. The third-order valence-corrected chi connectivity index (χ3v) is 3.84. The highest BCUT2D eigenvalue weighted by atomic mass is 16.6. The molecule has 5 N–H and O–H groups in total. The Labute approximate surface area is 140 Å². The van der Waals surface area contributed by atoms with Crippen molar-refractivity contribution in [3.63, 3.8) is 0 Å². The molecule has 6 heteroatoms. The van der Waals surface area contributed by atoms with Crippen LogP contribution in [0.4, 0.5) is 4.79 Å². The van der Waals surface area contributed by atoms with Gasteiger partial charge in [-0.1, -0.05) is 60.7 Å². The van der Waals surface area contributed by atoms with Crippen LogP contribution in [0, 0.1) is 0 Å². The predicted molar refractivity (Wildman–Crippen MR) is 92.1 cm³/mol. The second kappa shape index (κ2) is 6.84. The second-order valence-electron chi connectivity index (χ2n) is 5.53. The summed E-state index contributed by atoms with van der Waals surface area (Å²) in [7, 11) is 0. The Morgan fingerprint density at radius 1 is 1.17 bits per heavy atom. The maximum atomic E-state index is 11.9. The number of amides is 2. The van der Waals surface area contributed by atoms with Crippen molar-refractivity contribution >= 4 is 12.1 Å². The number of nitrogens with two attached hydrogens (primary N) is 2. The van der Waals surface area contributed by atoms with Gasteiger partial charge in [0.05, 0.1) is 0 Å². The van der Waals surface area contributed by atoms with Crippen LogP contribution >= 0.6 is 0 Å². The number of hydrogen-bond donors (Lipinski definition) is 3. The maximum Gasteiger partial charge on any atom is 0.323 e. The molecule has 6 nitrogen and oxygen atoms in total. The summed E-state index contributed by atoms with van der Waals surface area (Å²) in [5.74, 6) is -1.49. The van der Waals surface area contributed by atoms with Gasteiger partial charge in [-0.3, -0.25) is 11.1 Å². The highest BCUT2D eigenvalue weighted by Gasteiger charge is 2.43. The minimum absolute atomic E-state index is 0.261. The van der Waals surface area contributed by atoms with Crippen molar-refractivity contribution < 1.29 is 9.53 Å². The molecule has 0 radical (unpaired) electrons. The van der Waals surface area contributed by atoms with Gasteiger partial charge in [0.25, 0.3) is 5.97 Å². The number of nitrogens with zero attached hydrogens (tertiary/aromatic N) is 1. The third-order valence-electron chi connectivity index (χ3n) is 3.84. The van der Waals surface area contributed by atoms with Crippen LogP contribution in [0.5, 0.6) is 0 Å². The second-order valence-corrected chi connectivity index (χ2v) is 5.53. The van der Waals surface area contributed by atoms with E-state index in [-0.39, 0.29) is 6.10 Å². The van der Waals surface area contributed by atoms with E-state index in [0.29, 0.717) is 6.54 Å². The van der Waals surface area contributed by atoms with Gasteiger partial charge in [0.1, 0.15) is 6.10 Å². The lowest BCUT2D eigenvalue weighted by atomic mass is 10.1. The number of rotatable bonds is 4. The van der Waals surface area contributed by atoms with Crippen molar-refractivity contribution in [1.29, 1.82) is 0 Å². The fourth-order valence-electron chi connectivity index (χ4n) is 2.61. The lowest BCUT2D eigenvalue weighted by molar-refractivity contribution is -0.117. The van der Waals surface area contributed by atoms with Gasteiger partial charge in [-0.05, 0) is 17.2 Å². The number of hydrogen-bond acceptors (Lipinski definition) is 4. The molecule has 1 aliphatic heterocycles. The topological polar surface area (TPSA) is 93.6 Å². The summed E-state index contributed by atoms with van der Waals surface area (Å²) >= 11 is 0. The molecule has 0 spiro atoms. The number of urea groups is 1. The molecule has 2 atom stereocenters. The first-order chi connectivity index (χ1) is 11.6. The van der Waals surface area contributed by atoms with Crippen molar-refractivity contribution in [2.45, 2.75) is 12.1 Å². The first-order valence-electron chi connectivity index (χ1n) is 7.67. The zero-order valence-corrected chi connectivity index (χ0v) is 13.1. The molecule has 0 aromatic heterocycles. The number of nitrogens with one attached hydrogen (secondary N) is 1. The van der Waals surface area contributed by atoms with Gasteiger partial charge in [-0.2, -0.15) is 0 Å². The van der Waals surface area contributed by atoms with E-state index in [1.165, 1.54) is 6.20 Å². The van der Waals surface area contributed by atoms with Crippen molar-refractivity contribution in [1.82, 2.24) is 10.2 Å². The molecular formula is C18H20N4O2. The van der Waals surface area contributed by atoms with Crippen LogP contribution in [0.15, 0.2) is 66.9 Å². The van der Waals surface area contributed by atoms with Crippen LogP contribution in [-0.4, -0.2) is 23.4 Å². The first kappa shape index (κ1) is 16.2. The quantitative estimate of drug-likeness (QED) is 0.750. The minimum atomic E-state index is -1.49. The van der Waals surface area contributed by atoms with Gasteiger partial charge in [-0.15, -0.1) is 0 Å². The number of benzene rings is 2. The Bertz CT molecular complexity index is 720. The lowest BCUT2D eigenvalue weighted by Crippen LogP contribution is -2.64. The Hall–Kier alpha value is -2.67. The number of primary amides is 1. The van der Waals surface area contributed by atoms with Crippen LogP contribution in [0.25, 0.3) is 6.08 Å². The molecule has 24 heavy (non-hydrogen) atoms. The van der Waals surface area contributed by atoms with Gasteiger partial charge in [-0.25, -0.2) is 9.69 Å². The van der Waals surface area contributed by atoms with Crippen LogP contribution in [0.2, 0.25) is 0 Å². The van der Waals surface area contributed by atoms with E-state index in [0.717, 1.165) is 16.0 Å². The molecule has 1 fully saturated rings. The van der Waals surface area contributed by atoms with Gasteiger partial charge < -0.3 is 10.5 Å². The Morgan fingerprint density at radius 2 is 1.79 bits per heavy atom. The fraction of sp³-hybridized carbons (Fsp3) is 0.167. The number of carbonyl (C=O) groups excluding carboxylic acids is 1. The summed E-state index contributed by atoms with van der Waals surface area (Å²) in [6, 6.07) is 18.5. The third kappa shape index (κ3) is 3.46. The van der Waals surface area contributed by atoms with Gasteiger partial charge in [0.2, 0.25) is 0 Å². The summed E-state index contributed by atoms with van der Waals surface area (Å²) in [5, 5.41) is 3.03. The molecule has 1 aliphatic rings. The number of ether oxygens (including phenoxy) is 1. The highest BCUT2D eigenvalue weighted by Crippen LogP contribution is 2.28. The molecule has 0 aliphatic carbocycles. The molecule has 1 heterocycles. The van der Waals surface area contributed by atoms with Crippen LogP contribution in [0.1, 0.15) is 17.2 Å². The van der Waals surface area contributed by atoms with Crippen molar-refractivity contribution in [3.8, 4) is 0 Å². The molecule has 2 unspecified atom stereocenters. The van der Waals surface area contributed by atoms with E-state index in [4.69, 9.17) is 16.2 Å². The van der Waals surface area contributed by atoms with E-state index in [2.05, 4.69) is 5.32 Å². The standard InChI is InChI=1S/C18H20N4O2/c19-17(23)22(12-11-14-7-3-1-4-8-14)18(20)21-13-16(24-18)15-9-5-2-6-10-15/h1-12,16,21H,13,20H2,(H2,19,23). The van der Waals surface area contributed by atoms with Gasteiger partial charge >= 0.3 is 6.03 Å². The van der Waals surface area contributed by atoms with Gasteiger partial charge in [0, 0.05) is 12.7 Å². The zero-order valence-electron chi connectivity index (χ0n) is 13.1. The molecule has 2 amide bonds. The smallest absolute Gasteiger partial charge is 0.323 e. The minimum Gasteiger partial charge on any atom is -0.351 e. The van der Waals surface area contributed by atoms with Crippen molar-refractivity contribution in [3.05, 3.63) is 78.0 Å². The highest BCUT2D eigenvalue weighted by molar-refractivity contribution is 5.75. The molecule has 0 bridgehead atoms. The van der Waals surface area contributed by atoms with Crippen molar-refractivity contribution in [2.24, 2.45) is 11.5 Å².